The Hall–Kier alpha value is 0.450. The van der Waals surface area contributed by atoms with Gasteiger partial charge in [-0.25, -0.2) is 18.3 Å². The van der Waals surface area contributed by atoms with Gasteiger partial charge in [0.1, 0.15) is 40.1 Å². The predicted octanol–water partition coefficient (Wildman–Crippen LogP) is -3.30. The zero-order valence-corrected chi connectivity index (χ0v) is 20.6. The standard InChI is InChI=1S/C10H20B2O19P4/c11-9-7(15)5(13)3(27-9)1-25-32(17,18)29-34(21,22)31-35(23,24)30-33(19,20)26-2-4-6(14)8(16)10(12)28-4/h3-10,13-16H,1-2H2,(H,17,18)(H,19,20)(H,21,22)(H,23,24)/t3-,4-,5?,6?,7?,8?,9-,10-/m1/s1. The van der Waals surface area contributed by atoms with Crippen molar-refractivity contribution in [1.29, 1.82) is 0 Å². The molecule has 0 bridgehead atoms. The molecule has 2 aliphatic rings. The summed E-state index contributed by atoms with van der Waals surface area (Å²) in [5, 5.41) is 38.1. The van der Waals surface area contributed by atoms with Gasteiger partial charge in [0.25, 0.3) is 0 Å². The van der Waals surface area contributed by atoms with E-state index in [1.165, 1.54) is 0 Å². The van der Waals surface area contributed by atoms with Crippen molar-refractivity contribution < 1.29 is 89.7 Å². The number of aliphatic hydroxyl groups is 4. The van der Waals surface area contributed by atoms with E-state index in [9.17, 15) is 58.3 Å². The smallest absolute Gasteiger partial charge is 0.388 e. The zero-order chi connectivity index (χ0) is 27.0. The Morgan fingerprint density at radius 3 is 1.11 bits per heavy atom. The minimum absolute atomic E-state index is 1.03. The Morgan fingerprint density at radius 1 is 0.571 bits per heavy atom. The molecule has 12 atom stereocenters. The molecular weight excluding hydrogens is 570 g/mol. The van der Waals surface area contributed by atoms with Crippen molar-refractivity contribution in [3.8, 4) is 0 Å². The topological polar surface area (TPSA) is 295 Å². The van der Waals surface area contributed by atoms with Crippen LogP contribution < -0.4 is 0 Å². The molecule has 2 saturated heterocycles. The van der Waals surface area contributed by atoms with Gasteiger partial charge in [-0.15, -0.1) is 0 Å². The maximum Gasteiger partial charge on any atom is 0.490 e. The van der Waals surface area contributed by atoms with Crippen molar-refractivity contribution in [3.63, 3.8) is 0 Å². The van der Waals surface area contributed by atoms with Crippen LogP contribution in [0.1, 0.15) is 0 Å². The molecule has 0 amide bonds. The van der Waals surface area contributed by atoms with E-state index in [4.69, 9.17) is 25.2 Å². The first-order chi connectivity index (χ1) is 15.7. The number of rotatable bonds is 12. The van der Waals surface area contributed by atoms with Gasteiger partial charge in [-0.2, -0.15) is 12.9 Å². The summed E-state index contributed by atoms with van der Waals surface area (Å²) in [4.78, 5) is 37.9. The number of hydrogen-bond donors (Lipinski definition) is 8. The molecule has 19 nitrogen and oxygen atoms in total. The highest BCUT2D eigenvalue weighted by atomic mass is 31.3. The number of phosphoric acid groups is 4. The molecule has 2 aliphatic heterocycles. The lowest BCUT2D eigenvalue weighted by atomic mass is 9.93. The first kappa shape index (κ1) is 31.7. The van der Waals surface area contributed by atoms with Crippen molar-refractivity contribution in [2.75, 3.05) is 13.2 Å². The highest BCUT2D eigenvalue weighted by Gasteiger charge is 2.48. The summed E-state index contributed by atoms with van der Waals surface area (Å²) in [7, 11) is -12.7. The largest absolute Gasteiger partial charge is 0.490 e. The number of phosphoric ester groups is 2. The second-order valence-electron chi connectivity index (χ2n) is 6.95. The average Bonchev–Trinajstić information content (AvgIpc) is 3.06. The van der Waals surface area contributed by atoms with Gasteiger partial charge < -0.3 is 49.5 Å². The lowest BCUT2D eigenvalue weighted by molar-refractivity contribution is -0.00909. The van der Waals surface area contributed by atoms with Gasteiger partial charge in [-0.05, 0) is 0 Å². The molecule has 4 radical (unpaired) electrons. The Bertz CT molecular complexity index is 863. The molecule has 0 aromatic carbocycles. The van der Waals surface area contributed by atoms with Gasteiger partial charge in [0.2, 0.25) is 0 Å². The molecule has 2 fully saturated rings. The van der Waals surface area contributed by atoms with Crippen LogP contribution >= 0.6 is 31.3 Å². The van der Waals surface area contributed by atoms with Crippen LogP contribution in [0.2, 0.25) is 0 Å². The van der Waals surface area contributed by atoms with Crippen molar-refractivity contribution in [3.05, 3.63) is 0 Å². The average molecular weight is 590 g/mol. The highest BCUT2D eigenvalue weighted by molar-refractivity contribution is 7.69. The molecule has 0 spiro atoms. The van der Waals surface area contributed by atoms with E-state index in [1.54, 1.807) is 0 Å². The van der Waals surface area contributed by atoms with Crippen molar-refractivity contribution in [1.82, 2.24) is 0 Å². The van der Waals surface area contributed by atoms with Gasteiger partial charge >= 0.3 is 31.3 Å². The molecule has 8 unspecified atom stereocenters. The quantitative estimate of drug-likeness (QED) is 0.0816. The van der Waals surface area contributed by atoms with Crippen LogP contribution in [0.3, 0.4) is 0 Å². The van der Waals surface area contributed by atoms with Gasteiger partial charge in [-0.1, -0.05) is 0 Å². The van der Waals surface area contributed by atoms with Crippen LogP contribution in [-0.2, 0) is 49.7 Å². The molecule has 25 heteroatoms. The van der Waals surface area contributed by atoms with E-state index in [2.05, 4.69) is 22.0 Å². The van der Waals surface area contributed by atoms with Crippen LogP contribution in [0.15, 0.2) is 0 Å². The third-order valence-electron chi connectivity index (χ3n) is 4.22. The Morgan fingerprint density at radius 2 is 0.857 bits per heavy atom. The fraction of sp³-hybridized carbons (Fsp3) is 1.00. The van der Waals surface area contributed by atoms with Gasteiger partial charge in [0.05, 0.1) is 25.4 Å². The highest BCUT2D eigenvalue weighted by Crippen LogP contribution is 2.71. The SMILES string of the molecule is [B][C@@H]1O[C@H](COP(=O)(O)OP(=O)(O)OP(=O)(O)OP(=O)(O)OC[C@H]2O[C@@H]([B])C(O)C2O)C(O)C1O. The normalized spacial score (nSPS) is 40.5. The summed E-state index contributed by atoms with van der Waals surface area (Å²) in [6, 6.07) is -2.77. The minimum atomic E-state index is -6.04. The second-order valence-corrected chi connectivity index (χ2v) is 13.2. The van der Waals surface area contributed by atoms with E-state index in [1.807, 2.05) is 0 Å². The summed E-state index contributed by atoms with van der Waals surface area (Å²) >= 11 is 0. The van der Waals surface area contributed by atoms with Crippen LogP contribution in [0.5, 0.6) is 0 Å². The summed E-state index contributed by atoms with van der Waals surface area (Å²) in [5.41, 5.74) is 0. The van der Waals surface area contributed by atoms with Gasteiger partial charge in [0.15, 0.2) is 0 Å². The fourth-order valence-electron chi connectivity index (χ4n) is 2.63. The predicted molar refractivity (Wildman–Crippen MR) is 107 cm³/mol. The third-order valence-corrected chi connectivity index (χ3v) is 10.1. The van der Waals surface area contributed by atoms with Crippen LogP contribution in [0, 0.1) is 0 Å². The molecule has 8 N–H and O–H groups in total. The maximum absolute atomic E-state index is 11.8. The summed E-state index contributed by atoms with van der Waals surface area (Å²) in [6.07, 6.45) is -9.50. The first-order valence-electron chi connectivity index (χ1n) is 9.03. The molecular formula is C10H20B2O19P4. The minimum Gasteiger partial charge on any atom is -0.388 e. The van der Waals surface area contributed by atoms with Crippen LogP contribution in [-0.4, -0.2) is 118 Å². The number of hydrogen-bond acceptors (Lipinski definition) is 15. The van der Waals surface area contributed by atoms with Crippen molar-refractivity contribution in [2.24, 2.45) is 0 Å². The molecule has 35 heavy (non-hydrogen) atoms. The Balaban J connectivity index is 1.89. The van der Waals surface area contributed by atoms with E-state index in [-0.39, 0.29) is 0 Å². The molecule has 2 rings (SSSR count). The van der Waals surface area contributed by atoms with Crippen LogP contribution in [0.25, 0.3) is 0 Å². The summed E-state index contributed by atoms with van der Waals surface area (Å²) in [6.45, 7) is -2.06. The fourth-order valence-corrected chi connectivity index (χ4v) is 7.59. The van der Waals surface area contributed by atoms with Gasteiger partial charge in [0, 0.05) is 12.0 Å². The van der Waals surface area contributed by atoms with E-state index >= 15 is 0 Å². The van der Waals surface area contributed by atoms with Gasteiger partial charge in [-0.3, -0.25) is 9.05 Å². The molecule has 2 heterocycles. The number of ether oxygens (including phenoxy) is 2. The van der Waals surface area contributed by atoms with E-state index in [0.717, 1.165) is 0 Å². The van der Waals surface area contributed by atoms with E-state index < -0.39 is 93.1 Å². The Labute approximate surface area is 199 Å². The summed E-state index contributed by atoms with van der Waals surface area (Å²) < 4.78 is 76.5. The van der Waals surface area contributed by atoms with Crippen LogP contribution in [0.4, 0.5) is 0 Å². The van der Waals surface area contributed by atoms with E-state index in [0.29, 0.717) is 0 Å². The molecule has 0 aromatic heterocycles. The second kappa shape index (κ2) is 11.7. The Kier molecular flexibility index (Phi) is 10.6. The lowest BCUT2D eigenvalue weighted by Crippen LogP contribution is -2.34. The number of aliphatic hydroxyl groups excluding tert-OH is 4. The third kappa shape index (κ3) is 9.30. The molecule has 0 saturated carbocycles. The maximum atomic E-state index is 11.8. The molecule has 0 aromatic rings. The van der Waals surface area contributed by atoms with Crippen molar-refractivity contribution in [2.45, 2.75) is 48.6 Å². The summed E-state index contributed by atoms with van der Waals surface area (Å²) in [5.74, 6) is 0. The zero-order valence-electron chi connectivity index (χ0n) is 17.0. The molecule has 200 valence electrons. The lowest BCUT2D eigenvalue weighted by Gasteiger charge is -2.21. The van der Waals surface area contributed by atoms with Crippen molar-refractivity contribution >= 4 is 47.0 Å². The monoisotopic (exact) mass is 590 g/mol. The molecule has 0 aliphatic carbocycles. The first-order valence-corrected chi connectivity index (χ1v) is 15.0.